The summed E-state index contributed by atoms with van der Waals surface area (Å²) in [7, 11) is 0. The average molecular weight is 339 g/mol. The molecule has 0 saturated carbocycles. The van der Waals surface area contributed by atoms with Gasteiger partial charge in [-0.25, -0.2) is 0 Å². The number of fused-ring (bicyclic) bond motifs is 1. The minimum atomic E-state index is 0.887. The number of benzene rings is 2. The van der Waals surface area contributed by atoms with Crippen LogP contribution in [0.15, 0.2) is 91.5 Å². The first-order chi connectivity index (χ1) is 12.9. The van der Waals surface area contributed by atoms with Crippen LogP contribution in [0.25, 0.3) is 10.8 Å². The van der Waals surface area contributed by atoms with Crippen molar-refractivity contribution in [2.75, 3.05) is 0 Å². The molecule has 0 aliphatic heterocycles. The maximum absolute atomic E-state index is 4.13. The zero-order valence-electron chi connectivity index (χ0n) is 14.6. The van der Waals surface area contributed by atoms with Crippen molar-refractivity contribution in [1.82, 2.24) is 14.9 Å². The largest absolute Gasteiger partial charge is 0.291 e. The second-order valence-electron chi connectivity index (χ2n) is 6.54. The number of aromatic nitrogens is 2. The minimum Gasteiger partial charge on any atom is -0.291 e. The molecule has 0 aliphatic rings. The zero-order valence-corrected chi connectivity index (χ0v) is 14.6. The Labute approximate surface area is 154 Å². The van der Waals surface area contributed by atoms with Crippen LogP contribution >= 0.6 is 0 Å². The van der Waals surface area contributed by atoms with Gasteiger partial charge in [0.25, 0.3) is 0 Å². The van der Waals surface area contributed by atoms with Gasteiger partial charge in [-0.3, -0.25) is 14.9 Å². The summed E-state index contributed by atoms with van der Waals surface area (Å²) in [6.07, 6.45) is 7.43. The van der Waals surface area contributed by atoms with Crippen molar-refractivity contribution in [2.45, 2.75) is 19.6 Å². The van der Waals surface area contributed by atoms with E-state index in [9.17, 15) is 0 Å². The van der Waals surface area contributed by atoms with Crippen LogP contribution in [0.4, 0.5) is 0 Å². The van der Waals surface area contributed by atoms with E-state index in [4.69, 9.17) is 0 Å². The van der Waals surface area contributed by atoms with Crippen LogP contribution < -0.4 is 0 Å². The highest BCUT2D eigenvalue weighted by atomic mass is 15.1. The molecule has 2 heterocycles. The van der Waals surface area contributed by atoms with Crippen LogP contribution in [-0.2, 0) is 19.6 Å². The van der Waals surface area contributed by atoms with Crippen LogP contribution in [0.3, 0.4) is 0 Å². The molecule has 0 unspecified atom stereocenters. The molecule has 0 saturated heterocycles. The van der Waals surface area contributed by atoms with E-state index in [1.54, 1.807) is 0 Å². The lowest BCUT2D eigenvalue weighted by Gasteiger charge is -2.23. The van der Waals surface area contributed by atoms with Gasteiger partial charge in [0.2, 0.25) is 0 Å². The highest BCUT2D eigenvalue weighted by Gasteiger charge is 2.09. The third-order valence-electron chi connectivity index (χ3n) is 4.53. The molecule has 3 heteroatoms. The summed E-state index contributed by atoms with van der Waals surface area (Å²) >= 11 is 0. The summed E-state index contributed by atoms with van der Waals surface area (Å²) < 4.78 is 0. The van der Waals surface area contributed by atoms with Crippen LogP contribution in [0.5, 0.6) is 0 Å². The fourth-order valence-electron chi connectivity index (χ4n) is 3.26. The van der Waals surface area contributed by atoms with Gasteiger partial charge in [0.05, 0.1) is 0 Å². The predicted molar refractivity (Wildman–Crippen MR) is 105 cm³/mol. The molecule has 0 bridgehead atoms. The molecule has 0 atom stereocenters. The molecule has 26 heavy (non-hydrogen) atoms. The van der Waals surface area contributed by atoms with Gasteiger partial charge in [0.1, 0.15) is 0 Å². The highest BCUT2D eigenvalue weighted by Crippen LogP contribution is 2.19. The van der Waals surface area contributed by atoms with E-state index in [1.165, 1.54) is 27.5 Å². The number of hydrogen-bond acceptors (Lipinski definition) is 3. The quantitative estimate of drug-likeness (QED) is 0.504. The third-order valence-corrected chi connectivity index (χ3v) is 4.53. The Bertz CT molecular complexity index is 927. The average Bonchev–Trinajstić information content (AvgIpc) is 2.69. The Morgan fingerprint density at radius 1 is 0.538 bits per heavy atom. The minimum absolute atomic E-state index is 0.887. The Balaban J connectivity index is 1.58. The van der Waals surface area contributed by atoms with E-state index in [2.05, 4.69) is 81.6 Å². The predicted octanol–water partition coefficient (Wildman–Crippen LogP) is 4.83. The number of hydrogen-bond donors (Lipinski definition) is 0. The molecule has 2 aromatic carbocycles. The van der Waals surface area contributed by atoms with Crippen LogP contribution in [0, 0.1) is 0 Å². The normalized spacial score (nSPS) is 11.1. The molecule has 4 aromatic rings. The van der Waals surface area contributed by atoms with Gasteiger partial charge in [-0.2, -0.15) is 0 Å². The summed E-state index contributed by atoms with van der Waals surface area (Å²) in [5.41, 5.74) is 3.87. The van der Waals surface area contributed by atoms with Crippen molar-refractivity contribution in [1.29, 1.82) is 0 Å². The molecule has 0 radical (unpaired) electrons. The van der Waals surface area contributed by atoms with Crippen molar-refractivity contribution in [3.05, 3.63) is 108 Å². The number of rotatable bonds is 6. The Hall–Kier alpha value is -3.04. The molecule has 0 fully saturated rings. The van der Waals surface area contributed by atoms with Crippen LogP contribution in [-0.4, -0.2) is 14.9 Å². The molecule has 0 aliphatic carbocycles. The Morgan fingerprint density at radius 2 is 1.08 bits per heavy atom. The first-order valence-electron chi connectivity index (χ1n) is 8.85. The highest BCUT2D eigenvalue weighted by molar-refractivity contribution is 5.82. The van der Waals surface area contributed by atoms with Crippen molar-refractivity contribution in [3.63, 3.8) is 0 Å². The van der Waals surface area contributed by atoms with E-state index < -0.39 is 0 Å². The van der Waals surface area contributed by atoms with E-state index in [0.717, 1.165) is 19.6 Å². The lowest BCUT2D eigenvalue weighted by molar-refractivity contribution is 0.247. The van der Waals surface area contributed by atoms with Gasteiger partial charge in [-0.1, -0.05) is 36.4 Å². The van der Waals surface area contributed by atoms with Gasteiger partial charge in [0, 0.05) is 44.4 Å². The maximum Gasteiger partial charge on any atom is 0.0271 e. The fraction of sp³-hybridized carbons (Fsp3) is 0.130. The molecule has 0 amide bonds. The maximum atomic E-state index is 4.13. The van der Waals surface area contributed by atoms with Gasteiger partial charge in [-0.15, -0.1) is 0 Å². The first kappa shape index (κ1) is 16.4. The van der Waals surface area contributed by atoms with E-state index in [-0.39, 0.29) is 0 Å². The summed E-state index contributed by atoms with van der Waals surface area (Å²) in [6, 6.07) is 23.6. The molecule has 128 valence electrons. The molecule has 3 nitrogen and oxygen atoms in total. The van der Waals surface area contributed by atoms with Crippen molar-refractivity contribution < 1.29 is 0 Å². The summed E-state index contributed by atoms with van der Waals surface area (Å²) in [5.74, 6) is 0. The molecule has 0 spiro atoms. The van der Waals surface area contributed by atoms with Crippen LogP contribution in [0.1, 0.15) is 16.7 Å². The van der Waals surface area contributed by atoms with Gasteiger partial charge >= 0.3 is 0 Å². The smallest absolute Gasteiger partial charge is 0.0271 e. The number of nitrogens with zero attached hydrogens (tertiary/aromatic N) is 3. The molecular weight excluding hydrogens is 318 g/mol. The third kappa shape index (κ3) is 4.13. The standard InChI is InChI=1S/C23H21N3/c1-2-4-23-15-21(5-6-22(23)3-1)18-26(16-19-7-11-24-12-8-19)17-20-9-13-25-14-10-20/h1-15H,16-18H2. The number of pyridine rings is 2. The first-order valence-corrected chi connectivity index (χ1v) is 8.85. The lowest BCUT2D eigenvalue weighted by Crippen LogP contribution is -2.22. The molecule has 4 rings (SSSR count). The van der Waals surface area contributed by atoms with Crippen molar-refractivity contribution in [2.24, 2.45) is 0 Å². The topological polar surface area (TPSA) is 29.0 Å². The molecule has 2 aromatic heterocycles. The summed E-state index contributed by atoms with van der Waals surface area (Å²) in [6.45, 7) is 2.67. The second kappa shape index (κ2) is 7.89. The second-order valence-corrected chi connectivity index (χ2v) is 6.54. The van der Waals surface area contributed by atoms with Gasteiger partial charge in [0.15, 0.2) is 0 Å². The van der Waals surface area contributed by atoms with E-state index in [1.807, 2.05) is 24.8 Å². The monoisotopic (exact) mass is 339 g/mol. The summed E-state index contributed by atoms with van der Waals surface area (Å²) in [5, 5.41) is 2.57. The molecule has 0 N–H and O–H groups in total. The molecular formula is C23H21N3. The Morgan fingerprint density at radius 3 is 1.69 bits per heavy atom. The van der Waals surface area contributed by atoms with E-state index in [0.29, 0.717) is 0 Å². The van der Waals surface area contributed by atoms with Crippen molar-refractivity contribution >= 4 is 10.8 Å². The van der Waals surface area contributed by atoms with E-state index >= 15 is 0 Å². The van der Waals surface area contributed by atoms with Crippen molar-refractivity contribution in [3.8, 4) is 0 Å². The SMILES string of the molecule is c1ccc2cc(CN(Cc3ccncc3)Cc3ccncc3)ccc2c1. The summed E-state index contributed by atoms with van der Waals surface area (Å²) in [4.78, 5) is 10.7. The Kier molecular flexibility index (Phi) is 4.99. The van der Waals surface area contributed by atoms with Crippen LogP contribution in [0.2, 0.25) is 0 Å². The zero-order chi connectivity index (χ0) is 17.6. The lowest BCUT2D eigenvalue weighted by atomic mass is 10.1. The van der Waals surface area contributed by atoms with Gasteiger partial charge in [-0.05, 0) is 57.8 Å². The van der Waals surface area contributed by atoms with Gasteiger partial charge < -0.3 is 0 Å². The fourth-order valence-corrected chi connectivity index (χ4v) is 3.26.